The van der Waals surface area contributed by atoms with E-state index in [-0.39, 0.29) is 5.91 Å². The number of H-pyrrole nitrogens is 1. The van der Waals surface area contributed by atoms with Crippen molar-refractivity contribution in [2.75, 3.05) is 5.32 Å². The summed E-state index contributed by atoms with van der Waals surface area (Å²) in [7, 11) is 0. The molecule has 0 aliphatic heterocycles. The van der Waals surface area contributed by atoms with Gasteiger partial charge in [0.15, 0.2) is 0 Å². The van der Waals surface area contributed by atoms with Gasteiger partial charge in [-0.2, -0.15) is 0 Å². The number of aromatic nitrogens is 1. The second-order valence-electron chi connectivity index (χ2n) is 5.01. The molecule has 0 spiro atoms. The summed E-state index contributed by atoms with van der Waals surface area (Å²) in [5, 5.41) is 4.04. The Morgan fingerprint density at radius 1 is 1.19 bits per heavy atom. The number of benzene rings is 2. The number of halogens is 1. The predicted octanol–water partition coefficient (Wildman–Crippen LogP) is 4.42. The number of carbonyl (C=O) groups excluding carboxylic acids is 1. The van der Waals surface area contributed by atoms with Crippen LogP contribution in [0.2, 0.25) is 0 Å². The van der Waals surface area contributed by atoms with Gasteiger partial charge in [0.25, 0.3) is 0 Å². The molecule has 4 heteroatoms. The molecule has 1 heterocycles. The first-order chi connectivity index (χ1) is 10.1. The molecule has 3 aromatic rings. The molecule has 21 heavy (non-hydrogen) atoms. The Balaban J connectivity index is 1.82. The van der Waals surface area contributed by atoms with Crippen molar-refractivity contribution in [3.63, 3.8) is 0 Å². The summed E-state index contributed by atoms with van der Waals surface area (Å²) < 4.78 is 0.948. The quantitative estimate of drug-likeness (QED) is 0.726. The van der Waals surface area contributed by atoms with Crippen LogP contribution in [0, 0.1) is 6.92 Å². The number of hydrogen-bond donors (Lipinski definition) is 2. The van der Waals surface area contributed by atoms with E-state index in [1.54, 1.807) is 0 Å². The Hall–Kier alpha value is -2.07. The minimum Gasteiger partial charge on any atom is -0.358 e. The highest BCUT2D eigenvalue weighted by atomic mass is 79.9. The van der Waals surface area contributed by atoms with E-state index < -0.39 is 0 Å². The maximum atomic E-state index is 12.2. The van der Waals surface area contributed by atoms with Crippen LogP contribution in [-0.4, -0.2) is 10.9 Å². The number of hydrogen-bond acceptors (Lipinski definition) is 1. The molecule has 0 aliphatic rings. The van der Waals surface area contributed by atoms with Gasteiger partial charge in [0.05, 0.1) is 6.42 Å². The van der Waals surface area contributed by atoms with E-state index >= 15 is 0 Å². The number of nitrogens with one attached hydrogen (secondary N) is 2. The Labute approximate surface area is 131 Å². The van der Waals surface area contributed by atoms with Gasteiger partial charge in [-0.15, -0.1) is 0 Å². The molecule has 106 valence electrons. The number of aryl methyl sites for hydroxylation is 1. The highest BCUT2D eigenvalue weighted by molar-refractivity contribution is 9.10. The molecule has 1 amide bonds. The molecular formula is C17H15BrN2O. The minimum absolute atomic E-state index is 0.0130. The summed E-state index contributed by atoms with van der Waals surface area (Å²) in [6.45, 7) is 2.00. The van der Waals surface area contributed by atoms with Crippen molar-refractivity contribution in [3.8, 4) is 0 Å². The maximum Gasteiger partial charge on any atom is 0.228 e. The van der Waals surface area contributed by atoms with Crippen molar-refractivity contribution in [1.82, 2.24) is 4.98 Å². The van der Waals surface area contributed by atoms with Crippen molar-refractivity contribution in [3.05, 3.63) is 64.3 Å². The van der Waals surface area contributed by atoms with Gasteiger partial charge in [0.2, 0.25) is 5.91 Å². The molecule has 2 aromatic carbocycles. The summed E-state index contributed by atoms with van der Waals surface area (Å²) in [4.78, 5) is 15.6. The lowest BCUT2D eigenvalue weighted by Gasteiger charge is -2.06. The van der Waals surface area contributed by atoms with Crippen LogP contribution in [0.4, 0.5) is 5.69 Å². The van der Waals surface area contributed by atoms with Crippen LogP contribution >= 0.6 is 15.9 Å². The van der Waals surface area contributed by atoms with Gasteiger partial charge < -0.3 is 10.3 Å². The maximum absolute atomic E-state index is 12.2. The average molecular weight is 343 g/mol. The number of fused-ring (bicyclic) bond motifs is 1. The molecule has 0 saturated heterocycles. The van der Waals surface area contributed by atoms with Crippen molar-refractivity contribution >= 4 is 38.4 Å². The van der Waals surface area contributed by atoms with Crippen LogP contribution in [0.3, 0.4) is 0 Å². The fourth-order valence-corrected chi connectivity index (χ4v) is 2.89. The van der Waals surface area contributed by atoms with Crippen molar-refractivity contribution in [2.24, 2.45) is 0 Å². The number of anilines is 1. The minimum atomic E-state index is -0.0130. The normalized spacial score (nSPS) is 10.8. The molecular weight excluding hydrogens is 328 g/mol. The van der Waals surface area contributed by atoms with Crippen LogP contribution in [0.15, 0.2) is 53.0 Å². The van der Waals surface area contributed by atoms with Gasteiger partial charge in [0, 0.05) is 26.8 Å². The lowest BCUT2D eigenvalue weighted by Crippen LogP contribution is -2.14. The van der Waals surface area contributed by atoms with Gasteiger partial charge >= 0.3 is 0 Å². The molecule has 1 aromatic heterocycles. The highest BCUT2D eigenvalue weighted by Gasteiger charge is 2.12. The first-order valence-corrected chi connectivity index (χ1v) is 7.54. The van der Waals surface area contributed by atoms with E-state index in [0.29, 0.717) is 6.42 Å². The van der Waals surface area contributed by atoms with Gasteiger partial charge in [-0.1, -0.05) is 40.2 Å². The first kappa shape index (κ1) is 13.9. The largest absolute Gasteiger partial charge is 0.358 e. The summed E-state index contributed by atoms with van der Waals surface area (Å²) >= 11 is 3.40. The number of amides is 1. The third kappa shape index (κ3) is 3.00. The van der Waals surface area contributed by atoms with E-state index in [9.17, 15) is 4.79 Å². The molecule has 3 rings (SSSR count). The van der Waals surface area contributed by atoms with E-state index in [4.69, 9.17) is 0 Å². The van der Waals surface area contributed by atoms with Crippen molar-refractivity contribution < 1.29 is 4.79 Å². The Bertz CT molecular complexity index is 807. The second-order valence-corrected chi connectivity index (χ2v) is 5.93. The third-order valence-electron chi connectivity index (χ3n) is 3.47. The number of rotatable bonds is 3. The summed E-state index contributed by atoms with van der Waals surface area (Å²) in [6.07, 6.45) is 0.363. The monoisotopic (exact) mass is 342 g/mol. The first-order valence-electron chi connectivity index (χ1n) is 6.75. The third-order valence-corrected chi connectivity index (χ3v) is 3.97. The average Bonchev–Trinajstić information content (AvgIpc) is 2.75. The second kappa shape index (κ2) is 5.74. The van der Waals surface area contributed by atoms with Crippen LogP contribution < -0.4 is 5.32 Å². The lowest BCUT2D eigenvalue weighted by atomic mass is 10.1. The fourth-order valence-electron chi connectivity index (χ4n) is 2.49. The molecule has 0 aliphatic carbocycles. The molecule has 0 unspecified atom stereocenters. The molecule has 2 N–H and O–H groups in total. The molecule has 0 radical (unpaired) electrons. The summed E-state index contributed by atoms with van der Waals surface area (Å²) in [5.41, 5.74) is 3.96. The topological polar surface area (TPSA) is 44.9 Å². The zero-order valence-corrected chi connectivity index (χ0v) is 13.2. The molecule has 0 fully saturated rings. The predicted molar refractivity (Wildman–Crippen MR) is 89.5 cm³/mol. The summed E-state index contributed by atoms with van der Waals surface area (Å²) in [5.74, 6) is -0.0130. The number of aromatic amines is 1. The van der Waals surface area contributed by atoms with E-state index in [1.165, 1.54) is 0 Å². The van der Waals surface area contributed by atoms with Gasteiger partial charge in [0.1, 0.15) is 0 Å². The SMILES string of the molecule is Cc1[nH]c2ccccc2c1CC(=O)Nc1cccc(Br)c1. The van der Waals surface area contributed by atoms with Crippen molar-refractivity contribution in [2.45, 2.75) is 13.3 Å². The molecule has 0 saturated carbocycles. The van der Waals surface area contributed by atoms with Crippen LogP contribution in [0.5, 0.6) is 0 Å². The molecule has 3 nitrogen and oxygen atoms in total. The lowest BCUT2D eigenvalue weighted by molar-refractivity contribution is -0.115. The van der Waals surface area contributed by atoms with Gasteiger partial charge in [-0.3, -0.25) is 4.79 Å². The van der Waals surface area contributed by atoms with Crippen LogP contribution in [-0.2, 0) is 11.2 Å². The Kier molecular flexibility index (Phi) is 3.80. The number of carbonyl (C=O) groups is 1. The smallest absolute Gasteiger partial charge is 0.228 e. The van der Waals surface area contributed by atoms with E-state index in [2.05, 4.69) is 26.2 Å². The summed E-state index contributed by atoms with van der Waals surface area (Å²) in [6, 6.07) is 15.6. The Morgan fingerprint density at radius 2 is 2.00 bits per heavy atom. The van der Waals surface area contributed by atoms with Crippen LogP contribution in [0.25, 0.3) is 10.9 Å². The zero-order chi connectivity index (χ0) is 14.8. The van der Waals surface area contributed by atoms with E-state index in [0.717, 1.165) is 32.3 Å². The van der Waals surface area contributed by atoms with Gasteiger partial charge in [-0.25, -0.2) is 0 Å². The van der Waals surface area contributed by atoms with Crippen molar-refractivity contribution in [1.29, 1.82) is 0 Å². The Morgan fingerprint density at radius 3 is 2.81 bits per heavy atom. The molecule has 0 atom stereocenters. The number of para-hydroxylation sites is 1. The highest BCUT2D eigenvalue weighted by Crippen LogP contribution is 2.23. The zero-order valence-electron chi connectivity index (χ0n) is 11.6. The molecule has 0 bridgehead atoms. The standard InChI is InChI=1S/C17H15BrN2O/c1-11-15(14-7-2-3-8-16(14)19-11)10-17(21)20-13-6-4-5-12(18)9-13/h2-9,19H,10H2,1H3,(H,20,21). The van der Waals surface area contributed by atoms with Crippen LogP contribution in [0.1, 0.15) is 11.3 Å². The van der Waals surface area contributed by atoms with Gasteiger partial charge in [-0.05, 0) is 36.8 Å². The van der Waals surface area contributed by atoms with E-state index in [1.807, 2.05) is 55.5 Å². The fraction of sp³-hybridized carbons (Fsp3) is 0.118.